The van der Waals surface area contributed by atoms with E-state index >= 15 is 0 Å². The van der Waals surface area contributed by atoms with E-state index in [0.29, 0.717) is 0 Å². The van der Waals surface area contributed by atoms with Gasteiger partial charge in [0.1, 0.15) is 0 Å². The van der Waals surface area contributed by atoms with Crippen molar-refractivity contribution in [3.05, 3.63) is 272 Å². The lowest BCUT2D eigenvalue weighted by Crippen LogP contribution is -2.59. The van der Waals surface area contributed by atoms with Crippen molar-refractivity contribution in [3.8, 4) is 67.0 Å². The summed E-state index contributed by atoms with van der Waals surface area (Å²) in [5.74, 6) is 0. The van der Waals surface area contributed by atoms with Crippen LogP contribution in [-0.4, -0.2) is 25.0 Å². The third-order valence-corrected chi connectivity index (χ3v) is 23.0. The second-order valence-corrected chi connectivity index (χ2v) is 28.7. The second kappa shape index (κ2) is 22.7. The van der Waals surface area contributed by atoms with Crippen LogP contribution in [0.15, 0.2) is 261 Å². The number of aromatic nitrogens is 4. The number of para-hydroxylation sites is 1. The Morgan fingerprint density at radius 1 is 0.303 bits per heavy atom. The lowest BCUT2D eigenvalue weighted by Gasteiger charge is -2.35. The van der Waals surface area contributed by atoms with Gasteiger partial charge in [-0.1, -0.05) is 259 Å². The third kappa shape index (κ3) is 8.65. The summed E-state index contributed by atoms with van der Waals surface area (Å²) >= 11 is 0. The monoisotopic (exact) mass is 1270 g/mol. The first kappa shape index (κ1) is 58.1. The highest BCUT2D eigenvalue weighted by Crippen LogP contribution is 2.51. The number of nitrogens with zero attached hydrogens (tertiary/aromatic N) is 4. The van der Waals surface area contributed by atoms with Crippen molar-refractivity contribution in [1.82, 2.24) is 18.3 Å². The van der Waals surface area contributed by atoms with E-state index in [1.165, 1.54) is 254 Å². The van der Waals surface area contributed by atoms with Gasteiger partial charge in [-0.15, -0.1) is 0 Å². The summed E-state index contributed by atoms with van der Waals surface area (Å²) in [6.07, 6.45) is 17.0. The fraction of sp³-hybridized carbons (Fsp3) is 0.149. The molecule has 99 heavy (non-hydrogen) atoms. The first-order valence-corrected chi connectivity index (χ1v) is 36.3. The van der Waals surface area contributed by atoms with E-state index in [1.54, 1.807) is 0 Å². The number of fused-ring (bicyclic) bond motifs is 21. The molecule has 0 amide bonds. The van der Waals surface area contributed by atoms with Crippen LogP contribution < -0.4 is 16.4 Å². The molecule has 0 bridgehead atoms. The average molecular weight is 1270 g/mol. The van der Waals surface area contributed by atoms with Gasteiger partial charge < -0.3 is 18.3 Å². The van der Waals surface area contributed by atoms with Crippen LogP contribution in [0.1, 0.15) is 76.3 Å². The van der Waals surface area contributed by atoms with Gasteiger partial charge in [0.25, 0.3) is 6.71 Å². The van der Waals surface area contributed by atoms with Crippen molar-refractivity contribution in [2.75, 3.05) is 0 Å². The van der Waals surface area contributed by atoms with Crippen LogP contribution in [0.2, 0.25) is 0 Å². The van der Waals surface area contributed by atoms with Crippen LogP contribution >= 0.6 is 0 Å². The molecule has 0 atom stereocenters. The van der Waals surface area contributed by atoms with Crippen molar-refractivity contribution < 1.29 is 0 Å². The minimum Gasteiger partial charge on any atom is -0.350 e. The molecule has 0 fully saturated rings. The molecule has 0 spiro atoms. The Morgan fingerprint density at radius 3 is 1.46 bits per heavy atom. The Kier molecular flexibility index (Phi) is 13.3. The van der Waals surface area contributed by atoms with Gasteiger partial charge in [0.2, 0.25) is 0 Å². The van der Waals surface area contributed by atoms with Gasteiger partial charge in [0.05, 0.1) is 16.6 Å². The second-order valence-electron chi connectivity index (χ2n) is 28.7. The maximum atomic E-state index is 2.74. The fourth-order valence-corrected chi connectivity index (χ4v) is 18.6. The van der Waals surface area contributed by atoms with E-state index in [1.807, 2.05) is 0 Å². The molecule has 0 N–H and O–H groups in total. The molecule has 20 rings (SSSR count). The molecule has 5 heteroatoms. The largest absolute Gasteiger partial charge is 0.350 e. The summed E-state index contributed by atoms with van der Waals surface area (Å²) in [6, 6.07) is 96.7. The molecule has 2 aliphatic rings. The highest BCUT2D eigenvalue weighted by Gasteiger charge is 2.43. The van der Waals surface area contributed by atoms with Gasteiger partial charge in [0.15, 0.2) is 0 Å². The zero-order valence-electron chi connectivity index (χ0n) is 56.8. The van der Waals surface area contributed by atoms with E-state index in [0.717, 1.165) is 12.8 Å². The van der Waals surface area contributed by atoms with Crippen molar-refractivity contribution in [2.24, 2.45) is 14.1 Å². The Balaban J connectivity index is 0.950. The highest BCUT2D eigenvalue weighted by molar-refractivity contribution is 7.00. The number of benzene rings is 14. The van der Waals surface area contributed by atoms with Crippen LogP contribution in [-0.2, 0) is 26.9 Å². The standard InChI is InChI=1S/C94H75BN4/c1-5-7-9-12-27-58-43-45-70-78(56-96(3)84(70)49-58)73-40-26-41-74(79-57-97(4)85-50-59(44-46-71(79)85)28-13-10-8-6-2)88(73)63-54-86-92-87(55-63)99-83-48-47-75-69-37-21-20-35-67(69)68-36-22-23-38-72(68)89(75)91(83)77-51-62(65-33-19-18-32-64(65)60-29-14-11-15-30-60)53-80(93(77)99)95(92)81-52-61-31-16-17-34-66(61)90-76-39-24-25-42-82(76)98(86)94(81)90/h11,14-26,29-57H,5-10,12-13,27-28H2,1-4H3. The molecular weight excluding hydrogens is 1200 g/mol. The van der Waals surface area contributed by atoms with Crippen molar-refractivity contribution in [2.45, 2.75) is 78.1 Å². The number of aryl methyl sites for hydroxylation is 4. The quantitative estimate of drug-likeness (QED) is 0.0554. The smallest absolute Gasteiger partial charge is 0.252 e. The van der Waals surface area contributed by atoms with Gasteiger partial charge in [-0.3, -0.25) is 0 Å². The molecule has 14 aromatic carbocycles. The Bertz CT molecular complexity index is 6270. The van der Waals surface area contributed by atoms with Crippen LogP contribution in [0, 0.1) is 0 Å². The number of rotatable bonds is 15. The zero-order valence-corrected chi connectivity index (χ0v) is 56.8. The van der Waals surface area contributed by atoms with E-state index in [2.05, 4.69) is 307 Å². The topological polar surface area (TPSA) is 19.7 Å². The summed E-state index contributed by atoms with van der Waals surface area (Å²) in [5, 5.41) is 17.9. The molecule has 0 unspecified atom stereocenters. The average Bonchev–Trinajstić information content (AvgIpc) is 1.54. The summed E-state index contributed by atoms with van der Waals surface area (Å²) in [6.45, 7) is 4.47. The lowest BCUT2D eigenvalue weighted by molar-refractivity contribution is 0.667. The molecule has 4 aromatic heterocycles. The Morgan fingerprint density at radius 2 is 0.818 bits per heavy atom. The lowest BCUT2D eigenvalue weighted by atomic mass is 9.34. The molecule has 6 heterocycles. The molecule has 0 saturated carbocycles. The van der Waals surface area contributed by atoms with E-state index in [-0.39, 0.29) is 6.71 Å². The first-order valence-electron chi connectivity index (χ1n) is 36.3. The SMILES string of the molecule is CCCCCCc1ccc2c(-c3cccc(-c4cn(C)c5cc(CCCCCC)ccc45)c3-c3cc4c5c(c3)-n3c6ccccc6c6c7ccccc7cc(c63)B5c3cc(-c5ccccc5-c5ccccc5)cc5c6c7c8ccccc8c8ccccc8c7ccc6n-4c35)cn(C)c2c1. The Labute approximate surface area is 577 Å². The summed E-state index contributed by atoms with van der Waals surface area (Å²) in [5.41, 5.74) is 29.1. The molecule has 0 radical (unpaired) electrons. The van der Waals surface area contributed by atoms with Crippen LogP contribution in [0.5, 0.6) is 0 Å². The molecule has 18 aromatic rings. The Hall–Kier alpha value is -11.1. The van der Waals surface area contributed by atoms with Gasteiger partial charge in [-0.25, -0.2) is 0 Å². The predicted octanol–water partition coefficient (Wildman–Crippen LogP) is 23.2. The van der Waals surface area contributed by atoms with Crippen LogP contribution in [0.3, 0.4) is 0 Å². The van der Waals surface area contributed by atoms with E-state index in [9.17, 15) is 0 Å². The highest BCUT2D eigenvalue weighted by atomic mass is 15.0. The van der Waals surface area contributed by atoms with Crippen molar-refractivity contribution in [3.63, 3.8) is 0 Å². The molecular formula is C94H75BN4. The third-order valence-electron chi connectivity index (χ3n) is 23.0. The number of unbranched alkanes of at least 4 members (excludes halogenated alkanes) is 6. The normalized spacial score (nSPS) is 12.6. The zero-order chi connectivity index (χ0) is 65.7. The maximum Gasteiger partial charge on any atom is 0.252 e. The van der Waals surface area contributed by atoms with Gasteiger partial charge >= 0.3 is 0 Å². The number of hydrogen-bond acceptors (Lipinski definition) is 0. The number of hydrogen-bond donors (Lipinski definition) is 0. The fourth-order valence-electron chi connectivity index (χ4n) is 18.6. The van der Waals surface area contributed by atoms with Crippen LogP contribution in [0.4, 0.5) is 0 Å². The van der Waals surface area contributed by atoms with Crippen molar-refractivity contribution in [1.29, 1.82) is 0 Å². The minimum atomic E-state index is -0.141. The van der Waals surface area contributed by atoms with Crippen molar-refractivity contribution >= 4 is 132 Å². The van der Waals surface area contributed by atoms with Gasteiger partial charge in [0, 0.05) is 103 Å². The first-order chi connectivity index (χ1) is 48.9. The maximum absolute atomic E-state index is 2.74. The molecule has 0 aliphatic carbocycles. The van der Waals surface area contributed by atoms with Crippen LogP contribution in [0.25, 0.3) is 176 Å². The summed E-state index contributed by atoms with van der Waals surface area (Å²) in [7, 11) is 4.52. The van der Waals surface area contributed by atoms with Gasteiger partial charge in [-0.05, 0) is 178 Å². The minimum absolute atomic E-state index is 0.141. The summed E-state index contributed by atoms with van der Waals surface area (Å²) in [4.78, 5) is 0. The molecule has 2 aliphatic heterocycles. The molecule has 4 nitrogen and oxygen atoms in total. The molecule has 0 saturated heterocycles. The summed E-state index contributed by atoms with van der Waals surface area (Å²) < 4.78 is 10.2. The van der Waals surface area contributed by atoms with E-state index in [4.69, 9.17) is 0 Å². The molecule has 474 valence electrons. The predicted molar refractivity (Wildman–Crippen MR) is 426 cm³/mol. The van der Waals surface area contributed by atoms with Gasteiger partial charge in [-0.2, -0.15) is 0 Å². The van der Waals surface area contributed by atoms with E-state index < -0.39 is 0 Å².